The van der Waals surface area contributed by atoms with Gasteiger partial charge in [-0.15, -0.1) is 0 Å². The number of fused-ring (bicyclic) bond motifs is 8. The van der Waals surface area contributed by atoms with Crippen molar-refractivity contribution in [2.75, 3.05) is 0 Å². The van der Waals surface area contributed by atoms with Crippen molar-refractivity contribution in [1.82, 2.24) is 9.13 Å². The van der Waals surface area contributed by atoms with Crippen molar-refractivity contribution < 1.29 is 0 Å². The van der Waals surface area contributed by atoms with E-state index in [-0.39, 0.29) is 5.57 Å². The Balaban J connectivity index is 1.24. The van der Waals surface area contributed by atoms with Gasteiger partial charge in [-0.25, -0.2) is 0 Å². The number of rotatable bonds is 4. The van der Waals surface area contributed by atoms with E-state index in [0.29, 0.717) is 5.57 Å². The fourth-order valence-corrected chi connectivity index (χ4v) is 9.66. The van der Waals surface area contributed by atoms with E-state index in [2.05, 4.69) is 203 Å². The standard InChI is InChI=1S/C53H32N4/c54-33-35(34-55)52-43-19-4-9-21-46(43)53(47-22-10-5-20-44(47)52,36-26-29-39(30-27-36)57-48-23-11-6-16-40(48)41-17-7-12-24-49(41)57)37-28-31-51-45(32-37)42-18-8-13-25-50(42)56(51)38-14-2-1-3-15-38/h1-32H. The van der Waals surface area contributed by atoms with Gasteiger partial charge >= 0.3 is 0 Å². The fourth-order valence-electron chi connectivity index (χ4n) is 9.66. The summed E-state index contributed by atoms with van der Waals surface area (Å²) in [5.41, 5.74) is 12.7. The summed E-state index contributed by atoms with van der Waals surface area (Å²) in [5.74, 6) is 0. The molecule has 0 aliphatic heterocycles. The summed E-state index contributed by atoms with van der Waals surface area (Å²) in [6.45, 7) is 0. The highest BCUT2D eigenvalue weighted by molar-refractivity contribution is 6.10. The summed E-state index contributed by atoms with van der Waals surface area (Å²) in [4.78, 5) is 0. The molecule has 1 aliphatic carbocycles. The molecule has 8 aromatic carbocycles. The average Bonchev–Trinajstić information content (AvgIpc) is 3.80. The quantitative estimate of drug-likeness (QED) is 0.170. The van der Waals surface area contributed by atoms with Crippen molar-refractivity contribution in [1.29, 1.82) is 10.5 Å². The van der Waals surface area contributed by atoms with Crippen LogP contribution in [0.5, 0.6) is 0 Å². The second-order valence-electron chi connectivity index (χ2n) is 14.7. The first-order valence-corrected chi connectivity index (χ1v) is 19.1. The van der Waals surface area contributed by atoms with Crippen LogP contribution in [0.15, 0.2) is 200 Å². The average molecular weight is 725 g/mol. The molecule has 4 heteroatoms. The summed E-state index contributed by atoms with van der Waals surface area (Å²) in [6, 6.07) is 73.4. The molecular weight excluding hydrogens is 693 g/mol. The second-order valence-corrected chi connectivity index (χ2v) is 14.7. The fraction of sp³-hybridized carbons (Fsp3) is 0.0189. The van der Waals surface area contributed by atoms with Crippen molar-refractivity contribution in [3.05, 3.63) is 233 Å². The SMILES string of the molecule is N#CC(C#N)=C1c2ccccc2C(c2ccc(-n3c4ccccc4c4ccccc43)cc2)(c2ccc3c(c2)c2ccccc2n3-c2ccccc2)c2ccccc21. The van der Waals surface area contributed by atoms with Crippen molar-refractivity contribution >= 4 is 49.2 Å². The number of hydrogen-bond donors (Lipinski definition) is 0. The van der Waals surface area contributed by atoms with E-state index in [4.69, 9.17) is 0 Å². The Morgan fingerprint density at radius 3 is 1.35 bits per heavy atom. The highest BCUT2D eigenvalue weighted by Gasteiger charge is 2.46. The van der Waals surface area contributed by atoms with Gasteiger partial charge in [-0.3, -0.25) is 0 Å². The molecule has 0 atom stereocenters. The van der Waals surface area contributed by atoms with Gasteiger partial charge in [0.25, 0.3) is 0 Å². The van der Waals surface area contributed by atoms with Gasteiger partial charge in [0.15, 0.2) is 0 Å². The Hall–Kier alpha value is -7.92. The minimum absolute atomic E-state index is 0.103. The van der Waals surface area contributed by atoms with Crippen LogP contribution in [0, 0.1) is 22.7 Å². The van der Waals surface area contributed by atoms with Crippen molar-refractivity contribution in [2.45, 2.75) is 5.41 Å². The Kier molecular flexibility index (Phi) is 7.17. The Morgan fingerprint density at radius 2 is 0.807 bits per heavy atom. The largest absolute Gasteiger partial charge is 0.309 e. The molecule has 0 unspecified atom stereocenters. The van der Waals surface area contributed by atoms with Crippen LogP contribution >= 0.6 is 0 Å². The van der Waals surface area contributed by atoms with Gasteiger partial charge in [-0.2, -0.15) is 10.5 Å². The number of benzene rings is 8. The Labute approximate surface area is 329 Å². The molecule has 0 saturated heterocycles. The predicted octanol–water partition coefficient (Wildman–Crippen LogP) is 12.4. The smallest absolute Gasteiger partial charge is 0.138 e. The maximum atomic E-state index is 10.3. The molecule has 0 spiro atoms. The topological polar surface area (TPSA) is 57.4 Å². The summed E-state index contributed by atoms with van der Waals surface area (Å²) >= 11 is 0. The molecule has 0 radical (unpaired) electrons. The zero-order valence-electron chi connectivity index (χ0n) is 30.8. The monoisotopic (exact) mass is 724 g/mol. The molecule has 10 aromatic rings. The van der Waals surface area contributed by atoms with Gasteiger partial charge in [-0.05, 0) is 88.0 Å². The molecular formula is C53H32N4. The number of allylic oxidation sites excluding steroid dienone is 1. The van der Waals surface area contributed by atoms with Crippen LogP contribution in [0.2, 0.25) is 0 Å². The zero-order valence-corrected chi connectivity index (χ0v) is 30.8. The van der Waals surface area contributed by atoms with E-state index in [9.17, 15) is 10.5 Å². The molecule has 11 rings (SSSR count). The third-order valence-corrected chi connectivity index (χ3v) is 11.9. The third-order valence-electron chi connectivity index (χ3n) is 11.9. The van der Waals surface area contributed by atoms with Gasteiger partial charge < -0.3 is 9.13 Å². The van der Waals surface area contributed by atoms with Gasteiger partial charge in [0.05, 0.1) is 27.5 Å². The number of nitrogens with zero attached hydrogens (tertiary/aromatic N) is 4. The van der Waals surface area contributed by atoms with Crippen molar-refractivity contribution in [3.63, 3.8) is 0 Å². The highest BCUT2D eigenvalue weighted by Crippen LogP contribution is 2.55. The van der Waals surface area contributed by atoms with Crippen LogP contribution in [0.25, 0.3) is 60.6 Å². The lowest BCUT2D eigenvalue weighted by atomic mass is 9.58. The van der Waals surface area contributed by atoms with Crippen LogP contribution in [0.4, 0.5) is 0 Å². The van der Waals surface area contributed by atoms with Crippen LogP contribution in [-0.4, -0.2) is 9.13 Å². The molecule has 0 N–H and O–H groups in total. The summed E-state index contributed by atoms with van der Waals surface area (Å²) < 4.78 is 4.69. The summed E-state index contributed by atoms with van der Waals surface area (Å²) in [7, 11) is 0. The minimum atomic E-state index is -0.809. The van der Waals surface area contributed by atoms with Crippen LogP contribution in [0.3, 0.4) is 0 Å². The first-order valence-electron chi connectivity index (χ1n) is 19.1. The van der Waals surface area contributed by atoms with E-state index in [0.717, 1.165) is 72.2 Å². The van der Waals surface area contributed by atoms with Gasteiger partial charge in [0, 0.05) is 38.5 Å². The minimum Gasteiger partial charge on any atom is -0.309 e. The lowest BCUT2D eigenvalue weighted by Gasteiger charge is -2.43. The highest BCUT2D eigenvalue weighted by atomic mass is 15.0. The van der Waals surface area contributed by atoms with Crippen molar-refractivity contribution in [2.24, 2.45) is 0 Å². The third kappa shape index (κ3) is 4.53. The Morgan fingerprint density at radius 1 is 0.386 bits per heavy atom. The zero-order chi connectivity index (χ0) is 38.1. The maximum Gasteiger partial charge on any atom is 0.138 e. The van der Waals surface area contributed by atoms with E-state index in [1.54, 1.807) is 0 Å². The second kappa shape index (κ2) is 12.6. The first kappa shape index (κ1) is 32.5. The lowest BCUT2D eigenvalue weighted by molar-refractivity contribution is 0.732. The predicted molar refractivity (Wildman–Crippen MR) is 231 cm³/mol. The lowest BCUT2D eigenvalue weighted by Crippen LogP contribution is -2.36. The van der Waals surface area contributed by atoms with E-state index in [1.165, 1.54) is 16.2 Å². The molecule has 0 fully saturated rings. The molecule has 0 saturated carbocycles. The molecule has 2 heterocycles. The number of hydrogen-bond acceptors (Lipinski definition) is 2. The van der Waals surface area contributed by atoms with Gasteiger partial charge in [0.1, 0.15) is 17.7 Å². The number of para-hydroxylation sites is 4. The molecule has 0 amide bonds. The van der Waals surface area contributed by atoms with E-state index < -0.39 is 5.41 Å². The van der Waals surface area contributed by atoms with Gasteiger partial charge in [0.2, 0.25) is 0 Å². The first-order chi connectivity index (χ1) is 28.2. The number of aromatic nitrogens is 2. The summed E-state index contributed by atoms with van der Waals surface area (Å²) in [5, 5.41) is 25.5. The van der Waals surface area contributed by atoms with Crippen molar-refractivity contribution in [3.8, 4) is 23.5 Å². The molecule has 1 aliphatic rings. The number of nitriles is 2. The molecule has 264 valence electrons. The van der Waals surface area contributed by atoms with E-state index >= 15 is 0 Å². The maximum absolute atomic E-state index is 10.3. The molecule has 2 aromatic heterocycles. The van der Waals surface area contributed by atoms with Crippen LogP contribution in [0.1, 0.15) is 33.4 Å². The van der Waals surface area contributed by atoms with Gasteiger partial charge in [-0.1, -0.05) is 140 Å². The van der Waals surface area contributed by atoms with E-state index in [1.807, 2.05) is 12.1 Å². The Bertz CT molecular complexity index is 3250. The van der Waals surface area contributed by atoms with Crippen LogP contribution in [-0.2, 0) is 5.41 Å². The molecule has 57 heavy (non-hydrogen) atoms. The molecule has 0 bridgehead atoms. The normalized spacial score (nSPS) is 14.7. The summed E-state index contributed by atoms with van der Waals surface area (Å²) in [6.07, 6.45) is 0. The van der Waals surface area contributed by atoms with Crippen LogP contribution < -0.4 is 0 Å². The molecule has 4 nitrogen and oxygen atoms in total.